The Balaban J connectivity index is 0.000000114. The molecule has 22 heteroatoms. The molecule has 1 N–H and O–H groups in total. The zero-order valence-corrected chi connectivity index (χ0v) is 80.1. The average molecular weight is 1830 g/mol. The van der Waals surface area contributed by atoms with Crippen LogP contribution in [0.15, 0.2) is 287 Å². The first kappa shape index (κ1) is 90.4. The number of aryl methyl sites for hydroxylation is 11. The highest BCUT2D eigenvalue weighted by Gasteiger charge is 2.36. The summed E-state index contributed by atoms with van der Waals surface area (Å²) in [6, 6.07) is 67.1. The molecule has 4 aromatic carbocycles. The van der Waals surface area contributed by atoms with Crippen molar-refractivity contribution in [3.05, 3.63) is 359 Å². The summed E-state index contributed by atoms with van der Waals surface area (Å²) in [4.78, 5) is 50.4. The molecule has 3 aliphatic rings. The van der Waals surface area contributed by atoms with E-state index in [1.807, 2.05) is 147 Å². The molecule has 20 aromatic rings. The Morgan fingerprint density at radius 1 is 0.304 bits per heavy atom. The number of carboxylic acids is 1. The third kappa shape index (κ3) is 18.0. The Labute approximate surface area is 802 Å². The highest BCUT2D eigenvalue weighted by molar-refractivity contribution is 6.00. The number of benzene rings is 4. The normalized spacial score (nSPS) is 14.5. The van der Waals surface area contributed by atoms with E-state index in [0.29, 0.717) is 17.8 Å². The molecule has 22 nitrogen and oxygen atoms in total. The lowest BCUT2D eigenvalue weighted by Gasteiger charge is -2.26. The van der Waals surface area contributed by atoms with Gasteiger partial charge < -0.3 is 41.5 Å². The molecule has 0 radical (unpaired) electrons. The molecule has 3 fully saturated rings. The van der Waals surface area contributed by atoms with Gasteiger partial charge in [0.25, 0.3) is 0 Å². The Bertz CT molecular complexity index is 7420. The second-order valence-corrected chi connectivity index (χ2v) is 37.6. The first-order chi connectivity index (χ1) is 67.2. The summed E-state index contributed by atoms with van der Waals surface area (Å²) in [6.07, 6.45) is 39.0. The zero-order chi connectivity index (χ0) is 94.9. The average Bonchev–Trinajstić information content (AvgIpc) is 1.59. The zero-order valence-electron chi connectivity index (χ0n) is 80.1. The van der Waals surface area contributed by atoms with Crippen LogP contribution in [0, 0.1) is 93.9 Å². The summed E-state index contributed by atoms with van der Waals surface area (Å²) in [5.41, 5.74) is 36.9. The van der Waals surface area contributed by atoms with E-state index in [-0.39, 0.29) is 29.7 Å². The Morgan fingerprint density at radius 2 is 0.551 bits per heavy atom. The summed E-state index contributed by atoms with van der Waals surface area (Å²) in [5.74, 6) is 3.83. The van der Waals surface area contributed by atoms with Crippen molar-refractivity contribution in [1.82, 2.24) is 78.8 Å². The van der Waals surface area contributed by atoms with Crippen LogP contribution in [0.1, 0.15) is 204 Å². The summed E-state index contributed by atoms with van der Waals surface area (Å²) >= 11 is 0. The summed E-state index contributed by atoms with van der Waals surface area (Å²) in [5, 5.41) is 26.0. The van der Waals surface area contributed by atoms with Crippen LogP contribution in [-0.2, 0) is 0 Å². The van der Waals surface area contributed by atoms with Crippen molar-refractivity contribution in [2.75, 3.05) is 0 Å². The molecule has 0 bridgehead atoms. The van der Waals surface area contributed by atoms with Crippen LogP contribution in [0.4, 0.5) is 0 Å². The van der Waals surface area contributed by atoms with Crippen LogP contribution < -0.4 is 0 Å². The van der Waals surface area contributed by atoms with Crippen molar-refractivity contribution >= 4 is 50.1 Å². The number of hydrogen-bond acceptors (Lipinski definition) is 17. The first-order valence-electron chi connectivity index (χ1n) is 48.2. The lowest BCUT2D eigenvalue weighted by atomic mass is 9.94. The van der Waals surface area contributed by atoms with Gasteiger partial charge in [-0.3, -0.25) is 39.9 Å². The number of carboxylic acid groups (broad SMARTS) is 1. The molecule has 0 aliphatic heterocycles. The SMILES string of the molecule is Cc1ccc(-c2cn([C@@H](C)c3ccccn3)c3cc(-c4c(C)noc4C)cnc23)cc1.Cc1ccc(-c2cn([C@@H](c3ccccn3)C3CCCC3)c3cc(-c4c(C)noc4C)cnc23)cc1.Cc1ccc(-c2cn([C@H](c3ccccn3)C3CCCC3)c3cc(-c4c(C)noc4C)cnc23)cc1.Cc1noc(C)c1-c1cnc2c(-c3ccc(C(=O)O)cc3)cn([C@@H](c3ccccn3)C3CCCC3)c2c1. The lowest BCUT2D eigenvalue weighted by molar-refractivity contribution is 0.0696. The molecule has 0 unspecified atom stereocenters. The molecular formula is C116H112N16O6. The van der Waals surface area contributed by atoms with E-state index in [0.717, 1.165) is 203 Å². The maximum absolute atomic E-state index is 11.4. The smallest absolute Gasteiger partial charge is 0.335 e. The molecular weight excluding hydrogens is 1710 g/mol. The summed E-state index contributed by atoms with van der Waals surface area (Å²) in [6.45, 7) is 24.2. The van der Waals surface area contributed by atoms with E-state index < -0.39 is 5.97 Å². The highest BCUT2D eigenvalue weighted by atomic mass is 16.5. The molecule has 692 valence electrons. The fourth-order valence-corrected chi connectivity index (χ4v) is 21.6. The van der Waals surface area contributed by atoms with Gasteiger partial charge in [-0.15, -0.1) is 0 Å². The van der Waals surface area contributed by atoms with E-state index in [2.05, 4.69) is 236 Å². The van der Waals surface area contributed by atoms with Crippen LogP contribution in [0.5, 0.6) is 0 Å². The van der Waals surface area contributed by atoms with Crippen molar-refractivity contribution in [3.8, 4) is 89.0 Å². The molecule has 0 spiro atoms. The van der Waals surface area contributed by atoms with Gasteiger partial charge in [-0.1, -0.05) is 185 Å². The number of nitrogens with zero attached hydrogens (tertiary/aromatic N) is 16. The Hall–Kier alpha value is -15.5. The van der Waals surface area contributed by atoms with Gasteiger partial charge in [-0.25, -0.2) is 4.79 Å². The van der Waals surface area contributed by atoms with Gasteiger partial charge in [0.1, 0.15) is 23.0 Å². The van der Waals surface area contributed by atoms with Crippen molar-refractivity contribution in [2.45, 2.75) is 184 Å². The van der Waals surface area contributed by atoms with Gasteiger partial charge in [0.2, 0.25) is 0 Å². The molecule has 0 saturated heterocycles. The van der Waals surface area contributed by atoms with Gasteiger partial charge in [-0.2, -0.15) is 0 Å². The molecule has 16 heterocycles. The number of pyridine rings is 8. The van der Waals surface area contributed by atoms with E-state index >= 15 is 0 Å². The van der Waals surface area contributed by atoms with Gasteiger partial charge >= 0.3 is 5.97 Å². The van der Waals surface area contributed by atoms with E-state index in [1.54, 1.807) is 12.1 Å². The number of hydrogen-bond donors (Lipinski definition) is 1. The second kappa shape index (κ2) is 39.1. The number of aromatic carboxylic acids is 1. The van der Waals surface area contributed by atoms with Gasteiger partial charge in [-0.05, 0) is 247 Å². The third-order valence-electron chi connectivity index (χ3n) is 28.4. The first-order valence-corrected chi connectivity index (χ1v) is 48.2. The van der Waals surface area contributed by atoms with E-state index in [4.69, 9.17) is 53.0 Å². The fourth-order valence-electron chi connectivity index (χ4n) is 21.6. The number of rotatable bonds is 20. The maximum atomic E-state index is 11.4. The van der Waals surface area contributed by atoms with Crippen LogP contribution in [-0.4, -0.2) is 89.8 Å². The number of fused-ring (bicyclic) bond motifs is 4. The van der Waals surface area contributed by atoms with Gasteiger partial charge in [0.15, 0.2) is 0 Å². The predicted molar refractivity (Wildman–Crippen MR) is 543 cm³/mol. The molecule has 138 heavy (non-hydrogen) atoms. The molecule has 3 aliphatic carbocycles. The molecule has 3 saturated carbocycles. The quantitative estimate of drug-likeness (QED) is 0.0743. The van der Waals surface area contributed by atoms with Gasteiger partial charge in [0, 0.05) is 141 Å². The number of aromatic nitrogens is 16. The van der Waals surface area contributed by atoms with Crippen molar-refractivity contribution in [1.29, 1.82) is 0 Å². The standard InChI is InChI=1S/C30H28N4O3.2C30H30N4O.C26H24N4O/c1-18-27(19(2)37-33-18)23-15-26-28(32-16-23)24(20-10-12-22(13-11-20)30(35)36)17-34(26)29(21-7-3-4-8-21)25-9-5-6-14-31-25;2*1-19-11-13-22(14-12-19)25-18-34(30(23-8-4-5-9-23)26-10-6-7-15-31-26)27-16-24(17-32-29(25)27)28-20(2)33-35-21(28)3;1-16-8-10-20(11-9-16)22-15-30(18(3)23-7-5-6-12-27-23)24-13-21(14-28-26(22)24)25-17(2)29-31-19(25)4/h5-6,9-17,21,29H,3-4,7-8H2,1-2H3,(H,35,36);2*6-7,10-18,23,30H,4-5,8-9H2,1-3H3;5-15,18H,1-4H3/t29-;2*30-;18-/m1100/s1. The summed E-state index contributed by atoms with van der Waals surface area (Å²) < 4.78 is 31.3. The second-order valence-electron chi connectivity index (χ2n) is 37.6. The monoisotopic (exact) mass is 1820 g/mol. The molecule has 23 rings (SSSR count). The molecule has 16 aromatic heterocycles. The summed E-state index contributed by atoms with van der Waals surface area (Å²) in [7, 11) is 0. The molecule has 4 atom stereocenters. The van der Waals surface area contributed by atoms with E-state index in [1.165, 1.54) is 92.0 Å². The minimum Gasteiger partial charge on any atom is -0.478 e. The van der Waals surface area contributed by atoms with Crippen LogP contribution in [0.2, 0.25) is 0 Å². The van der Waals surface area contributed by atoms with Crippen molar-refractivity contribution < 1.29 is 28.0 Å². The highest BCUT2D eigenvalue weighted by Crippen LogP contribution is 2.49. The Morgan fingerprint density at radius 3 is 0.790 bits per heavy atom. The maximum Gasteiger partial charge on any atom is 0.335 e. The predicted octanol–water partition coefficient (Wildman–Crippen LogP) is 28.1. The van der Waals surface area contributed by atoms with Crippen LogP contribution in [0.25, 0.3) is 133 Å². The fraction of sp³-hybridized carbons (Fsp3) is 0.267. The van der Waals surface area contributed by atoms with Gasteiger partial charge in [0.05, 0.1) is 119 Å². The van der Waals surface area contributed by atoms with Crippen LogP contribution >= 0.6 is 0 Å². The third-order valence-corrected chi connectivity index (χ3v) is 28.4. The van der Waals surface area contributed by atoms with Crippen molar-refractivity contribution in [2.24, 2.45) is 17.8 Å². The molecule has 0 amide bonds. The van der Waals surface area contributed by atoms with E-state index in [9.17, 15) is 9.90 Å². The minimum absolute atomic E-state index is 0.0598. The Kier molecular flexibility index (Phi) is 25.6. The minimum atomic E-state index is -0.937. The van der Waals surface area contributed by atoms with Crippen molar-refractivity contribution in [3.63, 3.8) is 0 Å². The topological polar surface area (TPSA) is 264 Å². The number of carbonyl (C=O) groups is 1. The largest absolute Gasteiger partial charge is 0.478 e. The lowest BCUT2D eigenvalue weighted by Crippen LogP contribution is -2.19. The van der Waals surface area contributed by atoms with Crippen LogP contribution in [0.3, 0.4) is 0 Å².